The number of halogens is 1. The molecule has 1 heterocycles. The minimum absolute atomic E-state index is 0.0835. The van der Waals surface area contributed by atoms with Crippen molar-refractivity contribution in [1.29, 1.82) is 0 Å². The van der Waals surface area contributed by atoms with Crippen LogP contribution in [0.2, 0.25) is 0 Å². The molecule has 0 unspecified atom stereocenters. The lowest BCUT2D eigenvalue weighted by Gasteiger charge is -2.11. The second kappa shape index (κ2) is 8.76. The quantitative estimate of drug-likeness (QED) is 0.603. The molecule has 0 fully saturated rings. The molecule has 0 aliphatic heterocycles. The molecular weight excluding hydrogens is 407 g/mol. The Kier molecular flexibility index (Phi) is 6.33. The summed E-state index contributed by atoms with van der Waals surface area (Å²) in [6, 6.07) is 10.1. The molecule has 3 aromatic rings. The summed E-state index contributed by atoms with van der Waals surface area (Å²) in [5.41, 5.74) is 1.29. The van der Waals surface area contributed by atoms with Crippen molar-refractivity contribution in [3.05, 3.63) is 77.6 Å². The molecule has 1 amide bonds. The number of hydrogen-bond donors (Lipinski definition) is 2. The van der Waals surface area contributed by atoms with Gasteiger partial charge >= 0.3 is 0 Å². The van der Waals surface area contributed by atoms with Crippen LogP contribution in [0.15, 0.2) is 59.8 Å². The predicted octanol–water partition coefficient (Wildman–Crippen LogP) is 2.94. The van der Waals surface area contributed by atoms with Crippen molar-refractivity contribution >= 4 is 15.9 Å². The molecule has 1 aromatic heterocycles. The summed E-state index contributed by atoms with van der Waals surface area (Å²) in [5.74, 6) is -0.134. The average molecular weight is 431 g/mol. The van der Waals surface area contributed by atoms with Crippen molar-refractivity contribution in [2.75, 3.05) is 0 Å². The zero-order valence-corrected chi connectivity index (χ0v) is 17.7. The number of nitrogens with zero attached hydrogens (tertiary/aromatic N) is 2. The van der Waals surface area contributed by atoms with E-state index in [1.165, 1.54) is 30.3 Å². The molecule has 0 radical (unpaired) electrons. The molecule has 9 heteroatoms. The molecule has 30 heavy (non-hydrogen) atoms. The fraction of sp³-hybridized carbons (Fsp3) is 0.238. The first-order chi connectivity index (χ1) is 14.2. The number of benzene rings is 2. The number of carbonyl (C=O) groups excluding carboxylic acids is 1. The van der Waals surface area contributed by atoms with E-state index in [-0.39, 0.29) is 23.4 Å². The number of imidazole rings is 1. The maximum Gasteiger partial charge on any atom is 0.251 e. The normalized spacial score (nSPS) is 11.6. The van der Waals surface area contributed by atoms with Gasteiger partial charge in [-0.05, 0) is 62.7 Å². The molecule has 158 valence electrons. The van der Waals surface area contributed by atoms with E-state index < -0.39 is 15.8 Å². The highest BCUT2D eigenvalue weighted by atomic mass is 32.2. The highest BCUT2D eigenvalue weighted by Crippen LogP contribution is 2.17. The van der Waals surface area contributed by atoms with Crippen LogP contribution in [0.1, 0.15) is 35.6 Å². The third-order valence-corrected chi connectivity index (χ3v) is 6.04. The van der Waals surface area contributed by atoms with Crippen LogP contribution in [0.25, 0.3) is 5.69 Å². The van der Waals surface area contributed by atoms with Gasteiger partial charge in [-0.25, -0.2) is 22.5 Å². The highest BCUT2D eigenvalue weighted by molar-refractivity contribution is 7.89. The van der Waals surface area contributed by atoms with Gasteiger partial charge in [0, 0.05) is 30.5 Å². The van der Waals surface area contributed by atoms with Crippen LogP contribution < -0.4 is 10.0 Å². The molecule has 0 spiro atoms. The maximum absolute atomic E-state index is 14.5. The van der Waals surface area contributed by atoms with E-state index in [4.69, 9.17) is 0 Å². The summed E-state index contributed by atoms with van der Waals surface area (Å²) >= 11 is 0. The van der Waals surface area contributed by atoms with Gasteiger partial charge < -0.3 is 9.88 Å². The number of carbonyl (C=O) groups is 1. The Bertz CT molecular complexity index is 1160. The third-order valence-electron chi connectivity index (χ3n) is 4.37. The molecule has 0 atom stereocenters. The second-order valence-electron chi connectivity index (χ2n) is 7.11. The van der Waals surface area contributed by atoms with Crippen molar-refractivity contribution in [2.24, 2.45) is 0 Å². The SMILES string of the molecule is Cc1nccn1-c1ccc(CNC(=O)c2ccc(S(=O)(=O)NC(C)C)cc2)cc1F. The standard InChI is InChI=1S/C21H23FN4O3S/c1-14(2)25-30(28,29)18-7-5-17(6-8-18)21(27)24-13-16-4-9-20(19(22)12-16)26-11-10-23-15(26)3/h4-12,14,25H,13H2,1-3H3,(H,24,27). The second-order valence-corrected chi connectivity index (χ2v) is 8.83. The Balaban J connectivity index is 1.66. The maximum atomic E-state index is 14.5. The number of nitrogens with one attached hydrogen (secondary N) is 2. The van der Waals surface area contributed by atoms with Gasteiger partial charge in [-0.1, -0.05) is 6.07 Å². The number of amides is 1. The summed E-state index contributed by atoms with van der Waals surface area (Å²) in [6.45, 7) is 5.37. The lowest BCUT2D eigenvalue weighted by Crippen LogP contribution is -2.30. The van der Waals surface area contributed by atoms with E-state index in [9.17, 15) is 17.6 Å². The van der Waals surface area contributed by atoms with Crippen molar-refractivity contribution in [1.82, 2.24) is 19.6 Å². The van der Waals surface area contributed by atoms with Crippen molar-refractivity contribution < 1.29 is 17.6 Å². The lowest BCUT2D eigenvalue weighted by atomic mass is 10.1. The molecule has 0 saturated carbocycles. The summed E-state index contributed by atoms with van der Waals surface area (Å²) in [4.78, 5) is 16.5. The van der Waals surface area contributed by atoms with E-state index in [1.54, 1.807) is 49.9 Å². The Morgan fingerprint density at radius 1 is 1.17 bits per heavy atom. The smallest absolute Gasteiger partial charge is 0.251 e. The summed E-state index contributed by atoms with van der Waals surface area (Å²) in [5, 5.41) is 2.71. The van der Waals surface area contributed by atoms with Gasteiger partial charge in [-0.2, -0.15) is 0 Å². The van der Waals surface area contributed by atoms with Gasteiger partial charge in [-0.3, -0.25) is 4.79 Å². The van der Waals surface area contributed by atoms with E-state index in [2.05, 4.69) is 15.0 Å². The lowest BCUT2D eigenvalue weighted by molar-refractivity contribution is 0.0950. The third kappa shape index (κ3) is 4.92. The van der Waals surface area contributed by atoms with Crippen LogP contribution in [0.5, 0.6) is 0 Å². The molecule has 2 N–H and O–H groups in total. The largest absolute Gasteiger partial charge is 0.348 e. The van der Waals surface area contributed by atoms with Crippen LogP contribution >= 0.6 is 0 Å². The number of aryl methyl sites for hydroxylation is 1. The fourth-order valence-electron chi connectivity index (χ4n) is 2.94. The monoisotopic (exact) mass is 430 g/mol. The van der Waals surface area contributed by atoms with Gasteiger partial charge in [0.15, 0.2) is 0 Å². The summed E-state index contributed by atoms with van der Waals surface area (Å²) < 4.78 is 42.9. The molecule has 3 rings (SSSR count). The predicted molar refractivity (Wildman–Crippen MR) is 111 cm³/mol. The van der Waals surface area contributed by atoms with Crippen LogP contribution in [-0.4, -0.2) is 29.9 Å². The molecule has 0 bridgehead atoms. The number of aromatic nitrogens is 2. The zero-order chi connectivity index (χ0) is 21.9. The average Bonchev–Trinajstić information content (AvgIpc) is 3.11. The van der Waals surface area contributed by atoms with Crippen LogP contribution in [0, 0.1) is 12.7 Å². The topological polar surface area (TPSA) is 93.1 Å². The highest BCUT2D eigenvalue weighted by Gasteiger charge is 2.16. The molecular formula is C21H23FN4O3S. The number of sulfonamides is 1. The summed E-state index contributed by atoms with van der Waals surface area (Å²) in [6.07, 6.45) is 3.27. The first-order valence-electron chi connectivity index (χ1n) is 9.37. The Morgan fingerprint density at radius 3 is 2.43 bits per heavy atom. The van der Waals surface area contributed by atoms with Crippen LogP contribution in [-0.2, 0) is 16.6 Å². The Morgan fingerprint density at radius 2 is 1.87 bits per heavy atom. The van der Waals surface area contributed by atoms with Gasteiger partial charge in [0.1, 0.15) is 11.6 Å². The van der Waals surface area contributed by atoms with Gasteiger partial charge in [-0.15, -0.1) is 0 Å². The van der Waals surface area contributed by atoms with Gasteiger partial charge in [0.05, 0.1) is 10.6 Å². The van der Waals surface area contributed by atoms with Gasteiger partial charge in [0.25, 0.3) is 5.91 Å². The minimum Gasteiger partial charge on any atom is -0.348 e. The first-order valence-corrected chi connectivity index (χ1v) is 10.8. The van der Waals surface area contributed by atoms with Crippen molar-refractivity contribution in [3.63, 3.8) is 0 Å². The minimum atomic E-state index is -3.62. The van der Waals surface area contributed by atoms with E-state index in [0.717, 1.165) is 0 Å². The molecule has 0 aliphatic carbocycles. The molecule has 0 saturated heterocycles. The number of hydrogen-bond acceptors (Lipinski definition) is 4. The van der Waals surface area contributed by atoms with Crippen LogP contribution in [0.3, 0.4) is 0 Å². The van der Waals surface area contributed by atoms with Crippen molar-refractivity contribution in [3.8, 4) is 5.69 Å². The molecule has 2 aromatic carbocycles. The first kappa shape index (κ1) is 21.7. The van der Waals surface area contributed by atoms with E-state index in [0.29, 0.717) is 22.6 Å². The summed E-state index contributed by atoms with van der Waals surface area (Å²) in [7, 11) is -3.62. The Hall–Kier alpha value is -3.04. The van der Waals surface area contributed by atoms with Crippen molar-refractivity contribution in [2.45, 2.75) is 38.3 Å². The van der Waals surface area contributed by atoms with Gasteiger partial charge in [0.2, 0.25) is 10.0 Å². The molecule has 7 nitrogen and oxygen atoms in total. The zero-order valence-electron chi connectivity index (χ0n) is 16.9. The van der Waals surface area contributed by atoms with Crippen LogP contribution in [0.4, 0.5) is 4.39 Å². The fourth-order valence-corrected chi connectivity index (χ4v) is 4.19. The van der Waals surface area contributed by atoms with E-state index in [1.807, 2.05) is 0 Å². The number of rotatable bonds is 7. The Labute approximate surface area is 175 Å². The van der Waals surface area contributed by atoms with E-state index >= 15 is 0 Å². The molecule has 0 aliphatic rings.